The summed E-state index contributed by atoms with van der Waals surface area (Å²) in [6, 6.07) is 12.4. The van der Waals surface area contributed by atoms with Crippen LogP contribution in [-0.2, 0) is 11.7 Å². The van der Waals surface area contributed by atoms with E-state index in [1.165, 1.54) is 26.4 Å². The highest BCUT2D eigenvalue weighted by atomic mass is 35.5. The van der Waals surface area contributed by atoms with Gasteiger partial charge in [0.2, 0.25) is 0 Å². The van der Waals surface area contributed by atoms with E-state index >= 15 is 0 Å². The monoisotopic (exact) mass is 514 g/mol. The molecule has 0 spiro atoms. The third kappa shape index (κ3) is 5.34. The fourth-order valence-electron chi connectivity index (χ4n) is 4.90. The minimum Gasteiger partial charge on any atom is -0.496 e. The number of thioether (sulfide) groups is 1. The fraction of sp³-hybridized carbons (Fsp3) is 0.480. The summed E-state index contributed by atoms with van der Waals surface area (Å²) >= 11 is 1.11. The van der Waals surface area contributed by atoms with Crippen molar-refractivity contribution in [1.29, 1.82) is 0 Å². The molecule has 0 aromatic heterocycles. The highest BCUT2D eigenvalue weighted by Crippen LogP contribution is 2.40. The first-order valence-electron chi connectivity index (χ1n) is 11.2. The highest BCUT2D eigenvalue weighted by Gasteiger charge is 2.42. The minimum atomic E-state index is -4.52. The molecular weight excluding hydrogens is 485 g/mol. The molecule has 1 saturated carbocycles. The van der Waals surface area contributed by atoms with Gasteiger partial charge in [-0.1, -0.05) is 36.8 Å². The molecule has 1 saturated heterocycles. The van der Waals surface area contributed by atoms with E-state index < -0.39 is 23.2 Å². The largest absolute Gasteiger partial charge is 0.496 e. The molecule has 2 aromatic carbocycles. The molecule has 1 aliphatic carbocycles. The van der Waals surface area contributed by atoms with Crippen molar-refractivity contribution in [2.45, 2.75) is 54.8 Å². The molecule has 1 aliphatic heterocycles. The summed E-state index contributed by atoms with van der Waals surface area (Å²) < 4.78 is 45.5. The first kappa shape index (κ1) is 26.7. The summed E-state index contributed by atoms with van der Waals surface area (Å²) in [6.07, 6.45) is 2.41. The smallest absolute Gasteiger partial charge is 0.416 e. The van der Waals surface area contributed by atoms with Crippen molar-refractivity contribution >= 4 is 30.1 Å². The molecule has 1 heterocycles. The van der Waals surface area contributed by atoms with Crippen LogP contribution in [-0.4, -0.2) is 43.3 Å². The average molecular weight is 515 g/mol. The van der Waals surface area contributed by atoms with Crippen LogP contribution in [0.25, 0.3) is 0 Å². The molecular formula is C25H30ClF3N2O2S. The zero-order chi connectivity index (χ0) is 23.6. The molecule has 1 amide bonds. The van der Waals surface area contributed by atoms with E-state index in [0.29, 0.717) is 12.6 Å². The van der Waals surface area contributed by atoms with Gasteiger partial charge >= 0.3 is 6.18 Å². The molecule has 2 fully saturated rings. The Morgan fingerprint density at radius 2 is 1.88 bits per heavy atom. The Kier molecular flexibility index (Phi) is 8.47. The number of hydrogen-bond acceptors (Lipinski definition) is 4. The second kappa shape index (κ2) is 10.8. The maximum Gasteiger partial charge on any atom is 0.416 e. The second-order valence-electron chi connectivity index (χ2n) is 8.81. The van der Waals surface area contributed by atoms with Gasteiger partial charge in [0.15, 0.2) is 0 Å². The predicted molar refractivity (Wildman–Crippen MR) is 131 cm³/mol. The number of benzene rings is 2. The lowest BCUT2D eigenvalue weighted by Gasteiger charge is -2.48. The maximum atomic E-state index is 13.7. The van der Waals surface area contributed by atoms with Crippen LogP contribution in [0.15, 0.2) is 47.4 Å². The molecule has 1 atom stereocenters. The number of nitrogens with one attached hydrogen (secondary N) is 1. The van der Waals surface area contributed by atoms with Crippen molar-refractivity contribution < 1.29 is 22.7 Å². The van der Waals surface area contributed by atoms with Gasteiger partial charge < -0.3 is 10.1 Å². The average Bonchev–Trinajstić information content (AvgIpc) is 2.77. The minimum absolute atomic E-state index is 0. The van der Waals surface area contributed by atoms with E-state index in [1.807, 2.05) is 30.3 Å². The lowest BCUT2D eigenvalue weighted by atomic mass is 9.79. The standard InChI is InChI=1S/C25H29F3N2O2S.ClH/c1-32-20-14-18(25(26,27)28)15-21(33-2)22(20)23(31)29-24(17-8-4-3-5-9-17)12-7-13-30(16-24)19-10-6-11-19;/h3-5,8-9,14-15,19H,6-7,10-13,16H2,1-2H3,(H,29,31);1H. The Morgan fingerprint density at radius 1 is 1.18 bits per heavy atom. The Balaban J connectivity index is 0.00000324. The summed E-state index contributed by atoms with van der Waals surface area (Å²) in [7, 11) is 1.29. The number of rotatable bonds is 6. The number of alkyl halides is 3. The Morgan fingerprint density at radius 3 is 2.44 bits per heavy atom. The molecule has 4 rings (SSSR count). The zero-order valence-electron chi connectivity index (χ0n) is 19.3. The van der Waals surface area contributed by atoms with Crippen LogP contribution < -0.4 is 10.1 Å². The van der Waals surface area contributed by atoms with Gasteiger partial charge in [0.05, 0.1) is 23.8 Å². The number of methoxy groups -OCH3 is 1. The topological polar surface area (TPSA) is 41.6 Å². The third-order valence-electron chi connectivity index (χ3n) is 6.85. The molecule has 0 bridgehead atoms. The molecule has 2 aliphatic rings. The summed E-state index contributed by atoms with van der Waals surface area (Å²) in [5.41, 5.74) is -0.282. The summed E-state index contributed by atoms with van der Waals surface area (Å²) in [5, 5.41) is 3.25. The molecule has 9 heteroatoms. The lowest BCUT2D eigenvalue weighted by Crippen LogP contribution is -2.59. The number of piperidine rings is 1. The van der Waals surface area contributed by atoms with E-state index in [-0.39, 0.29) is 28.6 Å². The van der Waals surface area contributed by atoms with Crippen LogP contribution in [0, 0.1) is 0 Å². The highest BCUT2D eigenvalue weighted by molar-refractivity contribution is 7.98. The van der Waals surface area contributed by atoms with Crippen LogP contribution in [0.4, 0.5) is 13.2 Å². The number of likely N-dealkylation sites (tertiary alicyclic amines) is 1. The predicted octanol–water partition coefficient (Wildman–Crippen LogP) is 6.13. The first-order valence-corrected chi connectivity index (χ1v) is 12.5. The van der Waals surface area contributed by atoms with E-state index in [4.69, 9.17) is 4.74 Å². The number of carbonyl (C=O) groups is 1. The number of amides is 1. The van der Waals surface area contributed by atoms with Crippen LogP contribution in [0.5, 0.6) is 5.75 Å². The lowest BCUT2D eigenvalue weighted by molar-refractivity contribution is -0.137. The summed E-state index contributed by atoms with van der Waals surface area (Å²) in [4.78, 5) is 16.4. The van der Waals surface area contributed by atoms with Crippen molar-refractivity contribution in [1.82, 2.24) is 10.2 Å². The molecule has 1 N–H and O–H groups in total. The van der Waals surface area contributed by atoms with Crippen LogP contribution in [0.3, 0.4) is 0 Å². The second-order valence-corrected chi connectivity index (χ2v) is 9.66. The van der Waals surface area contributed by atoms with Gasteiger partial charge in [0.1, 0.15) is 5.75 Å². The summed E-state index contributed by atoms with van der Waals surface area (Å²) in [5.74, 6) is -0.481. The number of ether oxygens (including phenoxy) is 1. The Labute approximate surface area is 209 Å². The van der Waals surface area contributed by atoms with Gasteiger partial charge in [-0.25, -0.2) is 0 Å². The number of carbonyl (C=O) groups excluding carboxylic acids is 1. The van der Waals surface area contributed by atoms with Gasteiger partial charge in [-0.2, -0.15) is 13.2 Å². The van der Waals surface area contributed by atoms with Crippen molar-refractivity contribution in [3.63, 3.8) is 0 Å². The van der Waals surface area contributed by atoms with E-state index in [2.05, 4.69) is 10.2 Å². The molecule has 4 nitrogen and oxygen atoms in total. The first-order chi connectivity index (χ1) is 15.8. The van der Waals surface area contributed by atoms with Gasteiger partial charge in [-0.05, 0) is 56.2 Å². The van der Waals surface area contributed by atoms with Gasteiger partial charge in [-0.15, -0.1) is 24.2 Å². The number of halogens is 4. The van der Waals surface area contributed by atoms with Gasteiger partial charge in [-0.3, -0.25) is 9.69 Å². The van der Waals surface area contributed by atoms with Gasteiger partial charge in [0.25, 0.3) is 5.91 Å². The number of nitrogens with zero attached hydrogens (tertiary/aromatic N) is 1. The van der Waals surface area contributed by atoms with Crippen LogP contribution in [0.2, 0.25) is 0 Å². The molecule has 186 valence electrons. The SMILES string of the molecule is COc1cc(C(F)(F)F)cc(SC)c1C(=O)NC1(c2ccccc2)CCCN(C2CCC2)C1.Cl. The molecule has 2 aromatic rings. The summed E-state index contributed by atoms with van der Waals surface area (Å²) in [6.45, 7) is 1.68. The van der Waals surface area contributed by atoms with E-state index in [0.717, 1.165) is 48.8 Å². The van der Waals surface area contributed by atoms with E-state index in [1.54, 1.807) is 6.26 Å². The zero-order valence-corrected chi connectivity index (χ0v) is 20.9. The fourth-order valence-corrected chi connectivity index (χ4v) is 5.54. The van der Waals surface area contributed by atoms with Crippen molar-refractivity contribution in [3.8, 4) is 5.75 Å². The quantitative estimate of drug-likeness (QED) is 0.471. The molecule has 1 unspecified atom stereocenters. The Hall–Kier alpha value is -1.90. The van der Waals surface area contributed by atoms with Crippen molar-refractivity contribution in [2.24, 2.45) is 0 Å². The van der Waals surface area contributed by atoms with E-state index in [9.17, 15) is 18.0 Å². The Bertz CT molecular complexity index is 976. The third-order valence-corrected chi connectivity index (χ3v) is 7.61. The van der Waals surface area contributed by atoms with Crippen LogP contribution >= 0.6 is 24.2 Å². The van der Waals surface area contributed by atoms with Crippen molar-refractivity contribution in [3.05, 3.63) is 59.2 Å². The maximum absolute atomic E-state index is 13.7. The molecule has 0 radical (unpaired) electrons. The van der Waals surface area contributed by atoms with Crippen LogP contribution in [0.1, 0.15) is 53.6 Å². The van der Waals surface area contributed by atoms with Crippen molar-refractivity contribution in [2.75, 3.05) is 26.5 Å². The van der Waals surface area contributed by atoms with Gasteiger partial charge in [0, 0.05) is 17.5 Å². The normalized spacial score (nSPS) is 21.3. The number of hydrogen-bond donors (Lipinski definition) is 1. The molecule has 34 heavy (non-hydrogen) atoms.